The van der Waals surface area contributed by atoms with Gasteiger partial charge in [-0.15, -0.1) is 0 Å². The predicted octanol–water partition coefficient (Wildman–Crippen LogP) is 5.32. The number of halogens is 3. The number of hydrogen-bond donors (Lipinski definition) is 1. The first-order valence-electron chi connectivity index (χ1n) is 10.6. The van der Waals surface area contributed by atoms with Gasteiger partial charge in [0.2, 0.25) is 0 Å². The number of benzene rings is 3. The summed E-state index contributed by atoms with van der Waals surface area (Å²) in [5.74, 6) is -1.48. The van der Waals surface area contributed by atoms with Crippen LogP contribution in [0.4, 0.5) is 18.9 Å². The molecule has 1 amide bonds. The highest BCUT2D eigenvalue weighted by atomic mass is 19.4. The second-order valence-electron chi connectivity index (χ2n) is 7.66. The summed E-state index contributed by atoms with van der Waals surface area (Å²) in [5.41, 5.74) is -0.713. The molecule has 0 aliphatic carbocycles. The lowest BCUT2D eigenvalue weighted by Crippen LogP contribution is -2.25. The van der Waals surface area contributed by atoms with Crippen molar-refractivity contribution in [2.45, 2.75) is 12.8 Å². The highest BCUT2D eigenvalue weighted by Gasteiger charge is 2.46. The molecule has 184 valence electrons. The van der Waals surface area contributed by atoms with Crippen molar-refractivity contribution < 1.29 is 37.3 Å². The van der Waals surface area contributed by atoms with E-state index < -0.39 is 29.3 Å². The summed E-state index contributed by atoms with van der Waals surface area (Å²) in [5, 5.41) is 13.4. The Morgan fingerprint density at radius 2 is 1.78 bits per heavy atom. The normalized spacial score (nSPS) is 14.7. The number of nitrogens with zero attached hydrogens (tertiary/aromatic N) is 2. The van der Waals surface area contributed by atoms with E-state index in [2.05, 4.69) is 5.10 Å². The third-order valence-electron chi connectivity index (χ3n) is 5.21. The molecule has 1 heterocycles. The number of carbonyl (C=O) groups excluding carboxylic acids is 1. The third-order valence-corrected chi connectivity index (χ3v) is 5.21. The van der Waals surface area contributed by atoms with Gasteiger partial charge in [-0.1, -0.05) is 36.4 Å². The largest absolute Gasteiger partial charge is 0.493 e. The van der Waals surface area contributed by atoms with Gasteiger partial charge in [0, 0.05) is 0 Å². The summed E-state index contributed by atoms with van der Waals surface area (Å²) < 4.78 is 52.1. The summed E-state index contributed by atoms with van der Waals surface area (Å²) in [4.78, 5) is 24.0. The summed E-state index contributed by atoms with van der Waals surface area (Å²) in [6.45, 7) is 0.0350. The van der Waals surface area contributed by atoms with Crippen molar-refractivity contribution in [2.24, 2.45) is 5.10 Å². The number of hydrogen-bond acceptors (Lipinski definition) is 5. The Kier molecular flexibility index (Phi) is 6.77. The number of methoxy groups -OCH3 is 1. The first-order valence-corrected chi connectivity index (χ1v) is 10.6. The van der Waals surface area contributed by atoms with E-state index in [1.165, 1.54) is 49.6 Å². The number of carbonyl (C=O) groups is 2. The molecule has 0 fully saturated rings. The van der Waals surface area contributed by atoms with Crippen LogP contribution in [0.15, 0.2) is 83.5 Å². The molecule has 0 unspecified atom stereocenters. The minimum atomic E-state index is -4.84. The molecule has 1 aliphatic heterocycles. The van der Waals surface area contributed by atoms with Crippen molar-refractivity contribution in [3.05, 3.63) is 95.1 Å². The number of para-hydroxylation sites is 1. The first kappa shape index (κ1) is 24.5. The Bertz CT molecular complexity index is 1370. The Balaban J connectivity index is 1.61. The van der Waals surface area contributed by atoms with E-state index in [4.69, 9.17) is 14.6 Å². The lowest BCUT2D eigenvalue weighted by molar-refractivity contribution is -0.114. The van der Waals surface area contributed by atoms with Crippen molar-refractivity contribution >= 4 is 29.4 Å². The fourth-order valence-corrected chi connectivity index (χ4v) is 3.51. The van der Waals surface area contributed by atoms with E-state index in [1.807, 2.05) is 0 Å². The van der Waals surface area contributed by atoms with Crippen molar-refractivity contribution in [3.63, 3.8) is 0 Å². The van der Waals surface area contributed by atoms with Gasteiger partial charge >= 0.3 is 12.1 Å². The quantitative estimate of drug-likeness (QED) is 0.448. The number of amides is 1. The van der Waals surface area contributed by atoms with Gasteiger partial charge in [0.15, 0.2) is 17.2 Å². The van der Waals surface area contributed by atoms with Crippen LogP contribution < -0.4 is 14.5 Å². The fraction of sp³-hybridized carbons (Fsp3) is 0.115. The van der Waals surface area contributed by atoms with Crippen LogP contribution in [0.5, 0.6) is 11.5 Å². The lowest BCUT2D eigenvalue weighted by atomic mass is 10.1. The Hall–Kier alpha value is -4.60. The zero-order valence-corrected chi connectivity index (χ0v) is 18.8. The number of carboxylic acid groups (broad SMARTS) is 1. The topological polar surface area (TPSA) is 88.4 Å². The molecule has 0 saturated carbocycles. The Morgan fingerprint density at radius 3 is 2.44 bits per heavy atom. The molecule has 0 spiro atoms. The molecule has 0 aromatic heterocycles. The highest BCUT2D eigenvalue weighted by molar-refractivity contribution is 6.34. The molecule has 0 saturated heterocycles. The fourth-order valence-electron chi connectivity index (χ4n) is 3.51. The molecule has 1 N–H and O–H groups in total. The molecule has 0 bridgehead atoms. The van der Waals surface area contributed by atoms with E-state index in [0.29, 0.717) is 10.6 Å². The summed E-state index contributed by atoms with van der Waals surface area (Å²) in [7, 11) is 1.37. The molecule has 36 heavy (non-hydrogen) atoms. The predicted molar refractivity (Wildman–Crippen MR) is 126 cm³/mol. The molecule has 7 nitrogen and oxygen atoms in total. The summed E-state index contributed by atoms with van der Waals surface area (Å²) >= 11 is 0. The van der Waals surface area contributed by atoms with Crippen LogP contribution in [0.2, 0.25) is 0 Å². The van der Waals surface area contributed by atoms with E-state index >= 15 is 0 Å². The number of alkyl halides is 3. The summed E-state index contributed by atoms with van der Waals surface area (Å²) in [6.07, 6.45) is -3.75. The maximum atomic E-state index is 13.7. The van der Waals surface area contributed by atoms with Crippen molar-refractivity contribution in [2.75, 3.05) is 12.1 Å². The molecule has 0 atom stereocenters. The molecule has 3 aromatic carbocycles. The molecule has 4 rings (SSSR count). The standard InChI is InChI=1S/C26H19F3N2O5/c1-35-22-14-16(10-11-21(22)36-15-17-6-5-7-18(12-17)25(33)34)13-20-23(26(27,28)29)30-31(24(20)32)19-8-3-2-4-9-19/h2-14H,15H2,1H3,(H,33,34)/b20-13-. The zero-order chi connectivity index (χ0) is 25.9. The van der Waals surface area contributed by atoms with Crippen LogP contribution >= 0.6 is 0 Å². The molecule has 0 radical (unpaired) electrons. The van der Waals surface area contributed by atoms with Crippen LogP contribution in [0.1, 0.15) is 21.5 Å². The van der Waals surface area contributed by atoms with Gasteiger partial charge < -0.3 is 14.6 Å². The molecule has 10 heteroatoms. The smallest absolute Gasteiger partial charge is 0.435 e. The number of anilines is 1. The van der Waals surface area contributed by atoms with Gasteiger partial charge in [0.1, 0.15) is 6.61 Å². The number of hydrazone groups is 1. The third kappa shape index (κ3) is 5.22. The van der Waals surface area contributed by atoms with Crippen LogP contribution in [-0.2, 0) is 11.4 Å². The van der Waals surface area contributed by atoms with Gasteiger partial charge in [-0.05, 0) is 53.6 Å². The molecule has 3 aromatic rings. The maximum Gasteiger partial charge on any atom is 0.435 e. The average molecular weight is 496 g/mol. The average Bonchev–Trinajstić information content (AvgIpc) is 3.20. The molecular weight excluding hydrogens is 477 g/mol. The Labute approximate surface area is 203 Å². The van der Waals surface area contributed by atoms with Crippen molar-refractivity contribution in [1.29, 1.82) is 0 Å². The van der Waals surface area contributed by atoms with Gasteiger partial charge in [-0.3, -0.25) is 4.79 Å². The van der Waals surface area contributed by atoms with Gasteiger partial charge in [0.05, 0.1) is 23.9 Å². The van der Waals surface area contributed by atoms with Gasteiger partial charge in [-0.25, -0.2) is 4.79 Å². The van der Waals surface area contributed by atoms with E-state index in [1.54, 1.807) is 30.3 Å². The SMILES string of the molecule is COc1cc(/C=C2\C(=O)N(c3ccccc3)N=C2C(F)(F)F)ccc1OCc1cccc(C(=O)O)c1. The monoisotopic (exact) mass is 496 g/mol. The first-order chi connectivity index (χ1) is 17.2. The number of carboxylic acids is 1. The van der Waals surface area contributed by atoms with Crippen LogP contribution in [0.3, 0.4) is 0 Å². The van der Waals surface area contributed by atoms with Crippen LogP contribution in [0, 0.1) is 0 Å². The van der Waals surface area contributed by atoms with Crippen LogP contribution in [-0.4, -0.2) is 36.0 Å². The zero-order valence-electron chi connectivity index (χ0n) is 18.8. The van der Waals surface area contributed by atoms with Crippen molar-refractivity contribution in [1.82, 2.24) is 0 Å². The maximum absolute atomic E-state index is 13.7. The molecule has 1 aliphatic rings. The number of ether oxygens (including phenoxy) is 2. The lowest BCUT2D eigenvalue weighted by Gasteiger charge is -2.12. The highest BCUT2D eigenvalue weighted by Crippen LogP contribution is 2.34. The minimum Gasteiger partial charge on any atom is -0.493 e. The van der Waals surface area contributed by atoms with Crippen LogP contribution in [0.25, 0.3) is 6.08 Å². The molecular formula is C26H19F3N2O5. The number of rotatable bonds is 7. The van der Waals surface area contributed by atoms with E-state index in [9.17, 15) is 22.8 Å². The second-order valence-corrected chi connectivity index (χ2v) is 7.66. The van der Waals surface area contributed by atoms with Crippen molar-refractivity contribution in [3.8, 4) is 11.5 Å². The van der Waals surface area contributed by atoms with Gasteiger partial charge in [0.25, 0.3) is 5.91 Å². The minimum absolute atomic E-state index is 0.0350. The summed E-state index contributed by atoms with van der Waals surface area (Å²) in [6, 6.07) is 18.4. The number of aromatic carboxylic acids is 1. The van der Waals surface area contributed by atoms with E-state index in [-0.39, 0.29) is 34.9 Å². The second kappa shape index (κ2) is 9.95. The van der Waals surface area contributed by atoms with Gasteiger partial charge in [-0.2, -0.15) is 23.3 Å². The Morgan fingerprint density at radius 1 is 1.03 bits per heavy atom. The van der Waals surface area contributed by atoms with E-state index in [0.717, 1.165) is 6.08 Å².